The summed E-state index contributed by atoms with van der Waals surface area (Å²) in [7, 11) is 1.32. The standard InChI is InChI=1S/C22H28N2O4/c1-7-23-16(5)19(15(4)20(23)22(27)28-6)18(25)13-24(14(2)3)21(26)17-11-9-8-10-12-17/h8-12,14H,7,13H2,1-6H3. The van der Waals surface area contributed by atoms with Gasteiger partial charge < -0.3 is 14.2 Å². The van der Waals surface area contributed by atoms with Crippen LogP contribution in [0.25, 0.3) is 0 Å². The Bertz CT molecular complexity index is 882. The minimum Gasteiger partial charge on any atom is -0.464 e. The molecule has 28 heavy (non-hydrogen) atoms. The number of ketones is 1. The molecule has 2 aromatic rings. The van der Waals surface area contributed by atoms with Crippen molar-refractivity contribution >= 4 is 17.7 Å². The molecule has 0 atom stereocenters. The summed E-state index contributed by atoms with van der Waals surface area (Å²) in [6.07, 6.45) is 0. The Morgan fingerprint density at radius 2 is 1.71 bits per heavy atom. The highest BCUT2D eigenvalue weighted by atomic mass is 16.5. The average Bonchev–Trinajstić information content (AvgIpc) is 2.94. The van der Waals surface area contributed by atoms with Crippen LogP contribution in [0.3, 0.4) is 0 Å². The van der Waals surface area contributed by atoms with Crippen LogP contribution in [-0.4, -0.2) is 46.8 Å². The third kappa shape index (κ3) is 4.01. The van der Waals surface area contributed by atoms with Crippen LogP contribution in [0.4, 0.5) is 0 Å². The van der Waals surface area contributed by atoms with Gasteiger partial charge in [0.05, 0.1) is 13.7 Å². The Hall–Kier alpha value is -2.89. The SMILES string of the molecule is CCn1c(C)c(C(=O)CN(C(=O)c2ccccc2)C(C)C)c(C)c1C(=O)OC. The fourth-order valence-corrected chi connectivity index (χ4v) is 3.53. The number of esters is 1. The number of amides is 1. The second-order valence-electron chi connectivity index (χ2n) is 6.99. The first-order valence-corrected chi connectivity index (χ1v) is 9.41. The normalized spacial score (nSPS) is 10.8. The summed E-state index contributed by atoms with van der Waals surface area (Å²) in [5, 5.41) is 0. The maximum atomic E-state index is 13.2. The van der Waals surface area contributed by atoms with Gasteiger partial charge >= 0.3 is 5.97 Å². The maximum Gasteiger partial charge on any atom is 0.354 e. The van der Waals surface area contributed by atoms with Crippen LogP contribution in [0.15, 0.2) is 30.3 Å². The van der Waals surface area contributed by atoms with E-state index >= 15 is 0 Å². The van der Waals surface area contributed by atoms with Gasteiger partial charge in [0.25, 0.3) is 5.91 Å². The molecule has 1 amide bonds. The fourth-order valence-electron chi connectivity index (χ4n) is 3.53. The van der Waals surface area contributed by atoms with Crippen molar-refractivity contribution in [1.82, 2.24) is 9.47 Å². The minimum atomic E-state index is -0.470. The van der Waals surface area contributed by atoms with Crippen LogP contribution in [0.2, 0.25) is 0 Å². The van der Waals surface area contributed by atoms with Crippen LogP contribution in [0.5, 0.6) is 0 Å². The van der Waals surface area contributed by atoms with Crippen LogP contribution in [0.1, 0.15) is 63.2 Å². The molecule has 0 aliphatic rings. The van der Waals surface area contributed by atoms with Crippen molar-refractivity contribution in [2.75, 3.05) is 13.7 Å². The molecule has 0 saturated heterocycles. The highest BCUT2D eigenvalue weighted by Gasteiger charge is 2.29. The Morgan fingerprint density at radius 1 is 1.11 bits per heavy atom. The Kier molecular flexibility index (Phi) is 6.78. The number of carbonyl (C=O) groups excluding carboxylic acids is 3. The number of hydrogen-bond acceptors (Lipinski definition) is 4. The monoisotopic (exact) mass is 384 g/mol. The predicted molar refractivity (Wildman–Crippen MR) is 108 cm³/mol. The molecule has 2 rings (SSSR count). The molecule has 6 nitrogen and oxygen atoms in total. The molecule has 0 aliphatic heterocycles. The van der Waals surface area contributed by atoms with Gasteiger partial charge in [0, 0.05) is 29.4 Å². The summed E-state index contributed by atoms with van der Waals surface area (Å²) in [4.78, 5) is 39.8. The van der Waals surface area contributed by atoms with Crippen LogP contribution in [0, 0.1) is 13.8 Å². The number of rotatable bonds is 7. The number of benzene rings is 1. The molecule has 0 N–H and O–H groups in total. The van der Waals surface area contributed by atoms with Crippen molar-refractivity contribution in [1.29, 1.82) is 0 Å². The molecule has 1 aromatic heterocycles. The van der Waals surface area contributed by atoms with E-state index < -0.39 is 5.97 Å². The van der Waals surface area contributed by atoms with Crippen LogP contribution >= 0.6 is 0 Å². The Morgan fingerprint density at radius 3 is 2.21 bits per heavy atom. The molecule has 1 heterocycles. The zero-order valence-electron chi connectivity index (χ0n) is 17.4. The number of nitrogens with zero attached hydrogens (tertiary/aromatic N) is 2. The molecule has 0 aliphatic carbocycles. The zero-order valence-corrected chi connectivity index (χ0v) is 17.4. The second kappa shape index (κ2) is 8.87. The first kappa shape index (κ1) is 21.4. The number of hydrogen-bond donors (Lipinski definition) is 0. The van der Waals surface area contributed by atoms with Gasteiger partial charge in [-0.1, -0.05) is 18.2 Å². The van der Waals surface area contributed by atoms with Crippen molar-refractivity contribution in [3.63, 3.8) is 0 Å². The summed E-state index contributed by atoms with van der Waals surface area (Å²) in [5.74, 6) is -0.852. The number of ether oxygens (including phenoxy) is 1. The zero-order chi connectivity index (χ0) is 21.0. The quantitative estimate of drug-likeness (QED) is 0.540. The lowest BCUT2D eigenvalue weighted by atomic mass is 10.0. The summed E-state index contributed by atoms with van der Waals surface area (Å²) in [6.45, 7) is 9.72. The van der Waals surface area contributed by atoms with Crippen molar-refractivity contribution < 1.29 is 19.1 Å². The molecular formula is C22H28N2O4. The van der Waals surface area contributed by atoms with E-state index in [-0.39, 0.29) is 24.3 Å². The van der Waals surface area contributed by atoms with Gasteiger partial charge in [0.2, 0.25) is 0 Å². The summed E-state index contributed by atoms with van der Waals surface area (Å²) >= 11 is 0. The van der Waals surface area contributed by atoms with Gasteiger partial charge in [-0.2, -0.15) is 0 Å². The predicted octanol–water partition coefficient (Wildman–Crippen LogP) is 3.64. The molecule has 0 fully saturated rings. The number of Topliss-reactive ketones (excluding diaryl/α,β-unsaturated/α-hetero) is 1. The topological polar surface area (TPSA) is 68.6 Å². The highest BCUT2D eigenvalue weighted by Crippen LogP contribution is 2.24. The summed E-state index contributed by atoms with van der Waals surface area (Å²) in [6, 6.07) is 8.77. The highest BCUT2D eigenvalue weighted by molar-refractivity contribution is 6.06. The number of carbonyl (C=O) groups is 3. The van der Waals surface area contributed by atoms with E-state index in [0.717, 1.165) is 0 Å². The van der Waals surface area contributed by atoms with E-state index in [9.17, 15) is 14.4 Å². The van der Waals surface area contributed by atoms with Crippen molar-refractivity contribution in [2.24, 2.45) is 0 Å². The molecule has 0 bridgehead atoms. The van der Waals surface area contributed by atoms with E-state index in [1.807, 2.05) is 33.8 Å². The van der Waals surface area contributed by atoms with E-state index in [2.05, 4.69) is 0 Å². The Balaban J connectivity index is 2.41. The smallest absolute Gasteiger partial charge is 0.354 e. The molecule has 0 radical (unpaired) electrons. The molecular weight excluding hydrogens is 356 g/mol. The van der Waals surface area contributed by atoms with Gasteiger partial charge in [-0.05, 0) is 52.3 Å². The van der Waals surface area contributed by atoms with Crippen LogP contribution < -0.4 is 0 Å². The summed E-state index contributed by atoms with van der Waals surface area (Å²) < 4.78 is 6.67. The van der Waals surface area contributed by atoms with Crippen molar-refractivity contribution in [3.8, 4) is 0 Å². The van der Waals surface area contributed by atoms with E-state index in [4.69, 9.17) is 4.74 Å². The summed E-state index contributed by atoms with van der Waals surface area (Å²) in [5.41, 5.74) is 2.71. The lowest BCUT2D eigenvalue weighted by Crippen LogP contribution is -2.41. The fraction of sp³-hybridized carbons (Fsp3) is 0.409. The second-order valence-corrected chi connectivity index (χ2v) is 6.99. The Labute approximate surface area is 166 Å². The third-order valence-corrected chi connectivity index (χ3v) is 4.96. The first-order chi connectivity index (χ1) is 13.2. The van der Waals surface area contributed by atoms with Gasteiger partial charge in [-0.3, -0.25) is 9.59 Å². The van der Waals surface area contributed by atoms with E-state index in [0.29, 0.717) is 34.6 Å². The lowest BCUT2D eigenvalue weighted by Gasteiger charge is -2.26. The number of methoxy groups -OCH3 is 1. The molecule has 150 valence electrons. The largest absolute Gasteiger partial charge is 0.464 e. The minimum absolute atomic E-state index is 0.0542. The molecule has 0 saturated carbocycles. The van der Waals surface area contributed by atoms with Crippen molar-refractivity contribution in [2.45, 2.75) is 47.2 Å². The number of aromatic nitrogens is 1. The van der Waals surface area contributed by atoms with E-state index in [1.165, 1.54) is 7.11 Å². The van der Waals surface area contributed by atoms with Gasteiger partial charge in [0.15, 0.2) is 5.78 Å². The van der Waals surface area contributed by atoms with Crippen molar-refractivity contribution in [3.05, 3.63) is 58.4 Å². The molecule has 0 spiro atoms. The molecule has 1 aromatic carbocycles. The van der Waals surface area contributed by atoms with Crippen LogP contribution in [-0.2, 0) is 11.3 Å². The van der Waals surface area contributed by atoms with E-state index in [1.54, 1.807) is 40.7 Å². The lowest BCUT2D eigenvalue weighted by molar-refractivity contribution is 0.0587. The average molecular weight is 384 g/mol. The van der Waals surface area contributed by atoms with Gasteiger partial charge in [-0.15, -0.1) is 0 Å². The first-order valence-electron chi connectivity index (χ1n) is 9.41. The maximum absolute atomic E-state index is 13.2. The van der Waals surface area contributed by atoms with Gasteiger partial charge in [-0.25, -0.2) is 4.79 Å². The third-order valence-electron chi connectivity index (χ3n) is 4.96. The molecule has 0 unspecified atom stereocenters. The molecule has 6 heteroatoms. The van der Waals surface area contributed by atoms with Gasteiger partial charge in [0.1, 0.15) is 5.69 Å².